The van der Waals surface area contributed by atoms with Crippen LogP contribution >= 0.6 is 0 Å². The SMILES string of the molecule is CN(C)CCCC(=O)C1(C)CCCC1. The van der Waals surface area contributed by atoms with E-state index in [9.17, 15) is 4.79 Å². The molecule has 2 heteroatoms. The van der Waals surface area contributed by atoms with Crippen LogP contribution in [0.4, 0.5) is 0 Å². The van der Waals surface area contributed by atoms with Crippen molar-refractivity contribution in [3.8, 4) is 0 Å². The lowest BCUT2D eigenvalue weighted by atomic mass is 9.82. The summed E-state index contributed by atoms with van der Waals surface area (Å²) in [6.07, 6.45) is 6.52. The molecule has 14 heavy (non-hydrogen) atoms. The normalized spacial score (nSPS) is 20.3. The van der Waals surface area contributed by atoms with Crippen molar-refractivity contribution < 1.29 is 4.79 Å². The zero-order chi connectivity index (χ0) is 10.6. The van der Waals surface area contributed by atoms with Gasteiger partial charge in [0, 0.05) is 11.8 Å². The lowest BCUT2D eigenvalue weighted by Gasteiger charge is -2.21. The molecule has 0 heterocycles. The Bertz CT molecular complexity index is 192. The molecular weight excluding hydrogens is 174 g/mol. The second-order valence-corrected chi connectivity index (χ2v) is 5.10. The zero-order valence-electron chi connectivity index (χ0n) is 9.81. The van der Waals surface area contributed by atoms with Gasteiger partial charge in [-0.05, 0) is 39.9 Å². The van der Waals surface area contributed by atoms with E-state index in [4.69, 9.17) is 0 Å². The van der Waals surface area contributed by atoms with E-state index in [1.165, 1.54) is 12.8 Å². The van der Waals surface area contributed by atoms with Gasteiger partial charge in [-0.2, -0.15) is 0 Å². The molecule has 0 saturated heterocycles. The Labute approximate surface area is 87.7 Å². The summed E-state index contributed by atoms with van der Waals surface area (Å²) in [4.78, 5) is 14.1. The number of rotatable bonds is 5. The highest BCUT2D eigenvalue weighted by Crippen LogP contribution is 2.39. The lowest BCUT2D eigenvalue weighted by Crippen LogP contribution is -2.25. The molecular formula is C12H23NO. The second kappa shape index (κ2) is 4.92. The molecule has 0 bridgehead atoms. The third-order valence-corrected chi connectivity index (χ3v) is 3.39. The minimum Gasteiger partial charge on any atom is -0.309 e. The summed E-state index contributed by atoms with van der Waals surface area (Å²) in [5, 5.41) is 0. The maximum atomic E-state index is 11.9. The van der Waals surface area contributed by atoms with E-state index in [0.29, 0.717) is 5.78 Å². The number of hydrogen-bond acceptors (Lipinski definition) is 2. The number of Topliss-reactive ketones (excluding diaryl/α,β-unsaturated/α-hetero) is 1. The first-order chi connectivity index (χ1) is 6.54. The van der Waals surface area contributed by atoms with Crippen LogP contribution in [-0.4, -0.2) is 31.3 Å². The fourth-order valence-electron chi connectivity index (χ4n) is 2.29. The van der Waals surface area contributed by atoms with Gasteiger partial charge in [0.1, 0.15) is 5.78 Å². The summed E-state index contributed by atoms with van der Waals surface area (Å²) in [5.74, 6) is 0.497. The number of carbonyl (C=O) groups is 1. The molecule has 1 fully saturated rings. The molecule has 2 nitrogen and oxygen atoms in total. The van der Waals surface area contributed by atoms with Gasteiger partial charge < -0.3 is 4.90 Å². The summed E-state index contributed by atoms with van der Waals surface area (Å²) >= 11 is 0. The van der Waals surface area contributed by atoms with Crippen molar-refractivity contribution in [3.05, 3.63) is 0 Å². The Morgan fingerprint density at radius 1 is 1.29 bits per heavy atom. The van der Waals surface area contributed by atoms with Gasteiger partial charge in [0.2, 0.25) is 0 Å². The number of hydrogen-bond donors (Lipinski definition) is 0. The van der Waals surface area contributed by atoms with Gasteiger partial charge in [-0.25, -0.2) is 0 Å². The first-order valence-corrected chi connectivity index (χ1v) is 5.73. The van der Waals surface area contributed by atoms with Crippen LogP contribution in [-0.2, 0) is 4.79 Å². The van der Waals surface area contributed by atoms with Gasteiger partial charge in [-0.3, -0.25) is 4.79 Å². The molecule has 1 rings (SSSR count). The predicted octanol–water partition coefficient (Wildman–Crippen LogP) is 2.48. The lowest BCUT2D eigenvalue weighted by molar-refractivity contribution is -0.127. The highest BCUT2D eigenvalue weighted by atomic mass is 16.1. The average Bonchev–Trinajstić information content (AvgIpc) is 2.52. The van der Waals surface area contributed by atoms with Crippen molar-refractivity contribution in [3.63, 3.8) is 0 Å². The second-order valence-electron chi connectivity index (χ2n) is 5.10. The molecule has 0 aromatic carbocycles. The largest absolute Gasteiger partial charge is 0.309 e. The van der Waals surface area contributed by atoms with Crippen molar-refractivity contribution in [2.45, 2.75) is 45.4 Å². The molecule has 0 spiro atoms. The minimum absolute atomic E-state index is 0.0340. The Morgan fingerprint density at radius 3 is 2.36 bits per heavy atom. The minimum atomic E-state index is 0.0340. The molecule has 0 N–H and O–H groups in total. The van der Waals surface area contributed by atoms with Crippen molar-refractivity contribution in [2.75, 3.05) is 20.6 Å². The Balaban J connectivity index is 2.27. The van der Waals surface area contributed by atoms with Gasteiger partial charge in [-0.1, -0.05) is 19.8 Å². The summed E-state index contributed by atoms with van der Waals surface area (Å²) in [7, 11) is 4.11. The summed E-state index contributed by atoms with van der Waals surface area (Å²) in [5.41, 5.74) is 0.0340. The zero-order valence-corrected chi connectivity index (χ0v) is 9.81. The molecule has 1 saturated carbocycles. The van der Waals surface area contributed by atoms with E-state index >= 15 is 0 Å². The van der Waals surface area contributed by atoms with Gasteiger partial charge in [0.25, 0.3) is 0 Å². The summed E-state index contributed by atoms with van der Waals surface area (Å²) in [6, 6.07) is 0. The summed E-state index contributed by atoms with van der Waals surface area (Å²) < 4.78 is 0. The van der Waals surface area contributed by atoms with Crippen LogP contribution in [0.3, 0.4) is 0 Å². The monoisotopic (exact) mass is 197 g/mol. The van der Waals surface area contributed by atoms with E-state index in [1.807, 2.05) is 0 Å². The van der Waals surface area contributed by atoms with Crippen molar-refractivity contribution in [1.29, 1.82) is 0 Å². The van der Waals surface area contributed by atoms with Crippen LogP contribution in [0.1, 0.15) is 45.4 Å². The molecule has 0 unspecified atom stereocenters. The molecule has 0 atom stereocenters. The van der Waals surface area contributed by atoms with Gasteiger partial charge >= 0.3 is 0 Å². The highest BCUT2D eigenvalue weighted by molar-refractivity contribution is 5.84. The summed E-state index contributed by atoms with van der Waals surface area (Å²) in [6.45, 7) is 3.18. The van der Waals surface area contributed by atoms with E-state index in [-0.39, 0.29) is 5.41 Å². The van der Waals surface area contributed by atoms with Gasteiger partial charge in [0.15, 0.2) is 0 Å². The number of ketones is 1. The molecule has 1 aliphatic carbocycles. The molecule has 0 aromatic rings. The number of nitrogens with zero attached hydrogens (tertiary/aromatic N) is 1. The van der Waals surface area contributed by atoms with Gasteiger partial charge in [0.05, 0.1) is 0 Å². The van der Waals surface area contributed by atoms with Crippen LogP contribution < -0.4 is 0 Å². The average molecular weight is 197 g/mol. The van der Waals surface area contributed by atoms with Crippen LogP contribution in [0, 0.1) is 5.41 Å². The third kappa shape index (κ3) is 3.09. The van der Waals surface area contributed by atoms with Crippen molar-refractivity contribution in [1.82, 2.24) is 4.90 Å². The molecule has 0 amide bonds. The highest BCUT2D eigenvalue weighted by Gasteiger charge is 2.34. The molecule has 0 aromatic heterocycles. The first kappa shape index (κ1) is 11.7. The fourth-order valence-corrected chi connectivity index (χ4v) is 2.29. The fraction of sp³-hybridized carbons (Fsp3) is 0.917. The quantitative estimate of drug-likeness (QED) is 0.675. The Morgan fingerprint density at radius 2 is 1.86 bits per heavy atom. The van der Waals surface area contributed by atoms with Crippen LogP contribution in [0.2, 0.25) is 0 Å². The third-order valence-electron chi connectivity index (χ3n) is 3.39. The molecule has 82 valence electrons. The smallest absolute Gasteiger partial charge is 0.138 e. The van der Waals surface area contributed by atoms with Crippen molar-refractivity contribution >= 4 is 5.78 Å². The van der Waals surface area contributed by atoms with Crippen LogP contribution in [0.25, 0.3) is 0 Å². The van der Waals surface area contributed by atoms with E-state index in [0.717, 1.165) is 32.2 Å². The maximum Gasteiger partial charge on any atom is 0.138 e. The predicted molar refractivity (Wildman–Crippen MR) is 59.4 cm³/mol. The van der Waals surface area contributed by atoms with Crippen molar-refractivity contribution in [2.24, 2.45) is 5.41 Å². The Hall–Kier alpha value is -0.370. The topological polar surface area (TPSA) is 20.3 Å². The van der Waals surface area contributed by atoms with Crippen LogP contribution in [0.5, 0.6) is 0 Å². The molecule has 0 aliphatic heterocycles. The van der Waals surface area contributed by atoms with E-state index < -0.39 is 0 Å². The van der Waals surface area contributed by atoms with Crippen LogP contribution in [0.15, 0.2) is 0 Å². The molecule has 0 radical (unpaired) electrons. The number of carbonyl (C=O) groups excluding carboxylic acids is 1. The maximum absolute atomic E-state index is 11.9. The standard InChI is InChI=1S/C12H23NO/c1-12(8-4-5-9-12)11(14)7-6-10-13(2)3/h4-10H2,1-3H3. The Kier molecular flexibility index (Phi) is 4.11. The van der Waals surface area contributed by atoms with E-state index in [1.54, 1.807) is 0 Å². The molecule has 1 aliphatic rings. The van der Waals surface area contributed by atoms with Gasteiger partial charge in [-0.15, -0.1) is 0 Å². The first-order valence-electron chi connectivity index (χ1n) is 5.73. The van der Waals surface area contributed by atoms with E-state index in [2.05, 4.69) is 25.9 Å².